The molecule has 0 saturated heterocycles. The standard InChI is InChI=1S/C22H22N4O5S/c1-15(27)24-17-8-10-18(11-9-17)32(30,31)26(2)14-22(29)25-23-13-20-19-6-4-3-5-16(19)7-12-21(20)28/h3-13,28H,14H2,1-2H3,(H,24,27)(H,25,29). The molecule has 0 radical (unpaired) electrons. The number of nitrogens with zero attached hydrogens (tertiary/aromatic N) is 2. The molecule has 0 aliphatic carbocycles. The third-order valence-corrected chi connectivity index (χ3v) is 6.40. The van der Waals surface area contributed by atoms with Crippen LogP contribution in [0.1, 0.15) is 12.5 Å². The average molecular weight is 455 g/mol. The van der Waals surface area contributed by atoms with Gasteiger partial charge in [-0.2, -0.15) is 9.41 Å². The van der Waals surface area contributed by atoms with E-state index in [9.17, 15) is 23.1 Å². The van der Waals surface area contributed by atoms with Gasteiger partial charge in [-0.1, -0.05) is 30.3 Å². The first-order valence-electron chi connectivity index (χ1n) is 9.55. The van der Waals surface area contributed by atoms with Crippen molar-refractivity contribution < 1.29 is 23.1 Å². The molecule has 3 N–H and O–H groups in total. The smallest absolute Gasteiger partial charge is 0.255 e. The topological polar surface area (TPSA) is 128 Å². The monoisotopic (exact) mass is 454 g/mol. The van der Waals surface area contributed by atoms with E-state index in [1.807, 2.05) is 24.3 Å². The molecule has 0 aromatic heterocycles. The highest BCUT2D eigenvalue weighted by Gasteiger charge is 2.23. The SMILES string of the molecule is CC(=O)Nc1ccc(S(=O)(=O)N(C)CC(=O)NN=Cc2c(O)ccc3ccccc23)cc1. The predicted octanol–water partition coefficient (Wildman–Crippen LogP) is 2.27. The number of hydrogen-bond acceptors (Lipinski definition) is 6. The van der Waals surface area contributed by atoms with E-state index >= 15 is 0 Å². The van der Waals surface area contributed by atoms with E-state index in [0.717, 1.165) is 15.1 Å². The summed E-state index contributed by atoms with van der Waals surface area (Å²) in [6.45, 7) is 0.885. The van der Waals surface area contributed by atoms with Crippen LogP contribution in [-0.4, -0.2) is 49.5 Å². The minimum absolute atomic E-state index is 0.00380. The number of anilines is 1. The first kappa shape index (κ1) is 22.9. The highest BCUT2D eigenvalue weighted by atomic mass is 32.2. The molecule has 0 aliphatic rings. The van der Waals surface area contributed by atoms with Crippen molar-refractivity contribution in [3.63, 3.8) is 0 Å². The van der Waals surface area contributed by atoms with Gasteiger partial charge in [-0.15, -0.1) is 0 Å². The molecule has 0 atom stereocenters. The van der Waals surface area contributed by atoms with Crippen LogP contribution in [0.5, 0.6) is 5.75 Å². The third-order valence-electron chi connectivity index (χ3n) is 4.58. The number of nitrogens with one attached hydrogen (secondary N) is 2. The minimum atomic E-state index is -3.92. The van der Waals surface area contributed by atoms with Crippen molar-refractivity contribution in [1.82, 2.24) is 9.73 Å². The molecule has 3 aromatic rings. The number of fused-ring (bicyclic) bond motifs is 1. The molecule has 0 spiro atoms. The summed E-state index contributed by atoms with van der Waals surface area (Å²) in [5, 5.41) is 18.2. The Kier molecular flexibility index (Phi) is 6.86. The fourth-order valence-electron chi connectivity index (χ4n) is 3.00. The number of rotatable bonds is 7. The number of phenols is 1. The Morgan fingerprint density at radius 3 is 2.44 bits per heavy atom. The van der Waals surface area contributed by atoms with Crippen LogP contribution in [0.15, 0.2) is 70.7 Å². The second-order valence-electron chi connectivity index (χ2n) is 6.98. The van der Waals surface area contributed by atoms with Crippen molar-refractivity contribution in [1.29, 1.82) is 0 Å². The van der Waals surface area contributed by atoms with Gasteiger partial charge in [0.25, 0.3) is 5.91 Å². The number of phenolic OH excluding ortho intramolecular Hbond substituents is 1. The predicted molar refractivity (Wildman–Crippen MR) is 122 cm³/mol. The third kappa shape index (κ3) is 5.29. The van der Waals surface area contributed by atoms with Crippen LogP contribution in [-0.2, 0) is 19.6 Å². The molecule has 32 heavy (non-hydrogen) atoms. The fraction of sp³-hybridized carbons (Fsp3) is 0.136. The van der Waals surface area contributed by atoms with Crippen LogP contribution in [0.3, 0.4) is 0 Å². The van der Waals surface area contributed by atoms with E-state index in [1.54, 1.807) is 6.07 Å². The summed E-state index contributed by atoms with van der Waals surface area (Å²) in [5.74, 6) is -0.919. The second kappa shape index (κ2) is 9.58. The molecule has 3 aromatic carbocycles. The Morgan fingerprint density at radius 1 is 1.06 bits per heavy atom. The summed E-state index contributed by atoms with van der Waals surface area (Å²) in [7, 11) is -2.65. The maximum Gasteiger partial charge on any atom is 0.255 e. The number of likely N-dealkylation sites (N-methyl/N-ethyl adjacent to an activating group) is 1. The largest absolute Gasteiger partial charge is 0.507 e. The number of hydrazone groups is 1. The molecule has 0 fully saturated rings. The fourth-order valence-corrected chi connectivity index (χ4v) is 4.13. The number of aromatic hydroxyl groups is 1. The van der Waals surface area contributed by atoms with Gasteiger partial charge in [0.15, 0.2) is 0 Å². The molecule has 0 heterocycles. The van der Waals surface area contributed by atoms with Gasteiger partial charge in [-0.25, -0.2) is 13.8 Å². The van der Waals surface area contributed by atoms with Gasteiger partial charge in [0.05, 0.1) is 17.7 Å². The molecule has 9 nitrogen and oxygen atoms in total. The Hall–Kier alpha value is -3.76. The molecule has 0 unspecified atom stereocenters. The summed E-state index contributed by atoms with van der Waals surface area (Å²) in [4.78, 5) is 23.3. The number of carbonyl (C=O) groups is 2. The summed E-state index contributed by atoms with van der Waals surface area (Å²) < 4.78 is 26.2. The summed E-state index contributed by atoms with van der Waals surface area (Å²) in [6, 6.07) is 16.3. The highest BCUT2D eigenvalue weighted by Crippen LogP contribution is 2.25. The Bertz CT molecular complexity index is 1290. The van der Waals surface area contributed by atoms with E-state index < -0.39 is 22.5 Å². The molecule has 0 bridgehead atoms. The highest BCUT2D eigenvalue weighted by molar-refractivity contribution is 7.89. The zero-order valence-electron chi connectivity index (χ0n) is 17.4. The molecule has 10 heteroatoms. The second-order valence-corrected chi connectivity index (χ2v) is 9.02. The summed E-state index contributed by atoms with van der Waals surface area (Å²) in [5.41, 5.74) is 3.17. The Balaban J connectivity index is 1.66. The zero-order chi connectivity index (χ0) is 23.3. The van der Waals surface area contributed by atoms with Crippen molar-refractivity contribution >= 4 is 44.5 Å². The van der Waals surface area contributed by atoms with Crippen LogP contribution in [0.4, 0.5) is 5.69 Å². The molecule has 166 valence electrons. The van der Waals surface area contributed by atoms with E-state index in [2.05, 4.69) is 15.8 Å². The first-order valence-corrected chi connectivity index (χ1v) is 11.0. The van der Waals surface area contributed by atoms with E-state index in [-0.39, 0.29) is 16.6 Å². The minimum Gasteiger partial charge on any atom is -0.507 e. The van der Waals surface area contributed by atoms with E-state index in [1.165, 1.54) is 50.5 Å². The quantitative estimate of drug-likeness (QED) is 0.373. The maximum absolute atomic E-state index is 12.7. The van der Waals surface area contributed by atoms with Crippen molar-refractivity contribution in [3.05, 3.63) is 66.2 Å². The number of amides is 2. The van der Waals surface area contributed by atoms with Crippen molar-refractivity contribution in [2.24, 2.45) is 5.10 Å². The van der Waals surface area contributed by atoms with Crippen LogP contribution in [0.25, 0.3) is 10.8 Å². The Labute approximate surface area is 185 Å². The number of hydrogen-bond donors (Lipinski definition) is 3. The first-order chi connectivity index (χ1) is 15.2. The normalized spacial score (nSPS) is 11.7. The van der Waals surface area contributed by atoms with Gasteiger partial charge in [0.1, 0.15) is 5.75 Å². The number of carbonyl (C=O) groups excluding carboxylic acids is 2. The molecule has 0 saturated carbocycles. The van der Waals surface area contributed by atoms with E-state index in [0.29, 0.717) is 11.3 Å². The van der Waals surface area contributed by atoms with Gasteiger partial charge in [0.2, 0.25) is 15.9 Å². The van der Waals surface area contributed by atoms with Crippen LogP contribution in [0.2, 0.25) is 0 Å². The lowest BCUT2D eigenvalue weighted by atomic mass is 10.0. The number of sulfonamides is 1. The van der Waals surface area contributed by atoms with Gasteiger partial charge in [-0.05, 0) is 41.1 Å². The average Bonchev–Trinajstić information content (AvgIpc) is 2.75. The Morgan fingerprint density at radius 2 is 1.75 bits per heavy atom. The van der Waals surface area contributed by atoms with Gasteiger partial charge < -0.3 is 10.4 Å². The lowest BCUT2D eigenvalue weighted by Crippen LogP contribution is -2.36. The molecule has 0 aliphatic heterocycles. The maximum atomic E-state index is 12.7. The molecular weight excluding hydrogens is 432 g/mol. The summed E-state index contributed by atoms with van der Waals surface area (Å²) in [6.07, 6.45) is 1.31. The van der Waals surface area contributed by atoms with Crippen molar-refractivity contribution in [3.8, 4) is 5.75 Å². The van der Waals surface area contributed by atoms with Crippen LogP contribution in [0, 0.1) is 0 Å². The number of benzene rings is 3. The van der Waals surface area contributed by atoms with Crippen LogP contribution < -0.4 is 10.7 Å². The lowest BCUT2D eigenvalue weighted by Gasteiger charge is -2.16. The summed E-state index contributed by atoms with van der Waals surface area (Å²) >= 11 is 0. The van der Waals surface area contributed by atoms with E-state index in [4.69, 9.17) is 0 Å². The van der Waals surface area contributed by atoms with Gasteiger partial charge in [0, 0.05) is 25.2 Å². The zero-order valence-corrected chi connectivity index (χ0v) is 18.3. The lowest BCUT2D eigenvalue weighted by molar-refractivity contribution is -0.121. The van der Waals surface area contributed by atoms with Gasteiger partial charge in [-0.3, -0.25) is 9.59 Å². The van der Waals surface area contributed by atoms with Crippen molar-refractivity contribution in [2.75, 3.05) is 18.9 Å². The van der Waals surface area contributed by atoms with Crippen LogP contribution >= 0.6 is 0 Å². The molecular formula is C22H22N4O5S. The molecule has 2 amide bonds. The van der Waals surface area contributed by atoms with Gasteiger partial charge >= 0.3 is 0 Å². The van der Waals surface area contributed by atoms with Crippen molar-refractivity contribution in [2.45, 2.75) is 11.8 Å². The molecule has 3 rings (SSSR count).